The van der Waals surface area contributed by atoms with Gasteiger partial charge in [-0.1, -0.05) is 31.2 Å². The Labute approximate surface area is 155 Å². The van der Waals surface area contributed by atoms with E-state index < -0.39 is 29.5 Å². The molecule has 2 rings (SSSR count). The zero-order chi connectivity index (χ0) is 19.3. The summed E-state index contributed by atoms with van der Waals surface area (Å²) in [6.45, 7) is 3.41. The number of hydrogen-bond acceptors (Lipinski definition) is 6. The minimum absolute atomic E-state index is 0.294. The Hall–Kier alpha value is -2.42. The topological polar surface area (TPSA) is 114 Å². The summed E-state index contributed by atoms with van der Waals surface area (Å²) >= 11 is 1.52. The standard InChI is InChI=1S/C17H22N4O4S/c1-10(2)14(17(24)25)18-15(22)13(8-9-26-3)21-16(23)11-6-4-5-7-12(11)19-20-21/h4-7,10,13-14H,8-9H2,1-3H3,(H,18,22)(H,24,25)/t13-,14-/m0/s1. The third-order valence-electron chi connectivity index (χ3n) is 4.02. The number of carbonyl (C=O) groups is 2. The van der Waals surface area contributed by atoms with Crippen LogP contribution in [0.3, 0.4) is 0 Å². The summed E-state index contributed by atoms with van der Waals surface area (Å²) in [5.41, 5.74) is 0.0247. The number of carbonyl (C=O) groups excluding carboxylic acids is 1. The van der Waals surface area contributed by atoms with Gasteiger partial charge in [0, 0.05) is 0 Å². The van der Waals surface area contributed by atoms with Crippen molar-refractivity contribution in [1.82, 2.24) is 20.3 Å². The molecule has 0 saturated carbocycles. The van der Waals surface area contributed by atoms with Gasteiger partial charge in [0.15, 0.2) is 0 Å². The highest BCUT2D eigenvalue weighted by Crippen LogP contribution is 2.15. The highest BCUT2D eigenvalue weighted by atomic mass is 32.2. The zero-order valence-electron chi connectivity index (χ0n) is 14.9. The molecule has 0 bridgehead atoms. The average molecular weight is 378 g/mol. The number of aromatic nitrogens is 3. The van der Waals surface area contributed by atoms with Crippen LogP contribution in [0.15, 0.2) is 29.1 Å². The number of carboxylic acid groups (broad SMARTS) is 1. The first-order valence-electron chi connectivity index (χ1n) is 8.23. The Morgan fingerprint density at radius 2 is 2.00 bits per heavy atom. The molecule has 1 heterocycles. The summed E-state index contributed by atoms with van der Waals surface area (Å²) in [6.07, 6.45) is 2.22. The molecule has 1 amide bonds. The largest absolute Gasteiger partial charge is 0.480 e. The molecule has 140 valence electrons. The summed E-state index contributed by atoms with van der Waals surface area (Å²) in [6, 6.07) is 4.80. The van der Waals surface area contributed by atoms with Crippen LogP contribution in [-0.4, -0.2) is 50.0 Å². The second-order valence-electron chi connectivity index (χ2n) is 6.22. The Balaban J connectivity index is 2.41. The number of aliphatic carboxylic acids is 1. The van der Waals surface area contributed by atoms with E-state index in [1.165, 1.54) is 11.8 Å². The van der Waals surface area contributed by atoms with Gasteiger partial charge < -0.3 is 10.4 Å². The van der Waals surface area contributed by atoms with Crippen LogP contribution < -0.4 is 10.9 Å². The molecule has 0 saturated heterocycles. The van der Waals surface area contributed by atoms with E-state index >= 15 is 0 Å². The molecule has 2 aromatic rings. The van der Waals surface area contributed by atoms with Gasteiger partial charge in [0.1, 0.15) is 17.6 Å². The SMILES string of the molecule is CSCC[C@@H](C(=O)N[C@H](C(=O)O)C(C)C)n1nnc2ccccc2c1=O. The van der Waals surface area contributed by atoms with Crippen LogP contribution in [0.1, 0.15) is 26.3 Å². The molecule has 1 aromatic heterocycles. The molecule has 9 heteroatoms. The van der Waals surface area contributed by atoms with Crippen LogP contribution in [0.25, 0.3) is 10.9 Å². The zero-order valence-corrected chi connectivity index (χ0v) is 15.7. The Morgan fingerprint density at radius 3 is 2.62 bits per heavy atom. The summed E-state index contributed by atoms with van der Waals surface area (Å²) in [5.74, 6) is -1.35. The molecular formula is C17H22N4O4S. The number of amides is 1. The maximum absolute atomic E-state index is 12.7. The highest BCUT2D eigenvalue weighted by molar-refractivity contribution is 7.98. The molecule has 2 N–H and O–H groups in total. The van der Waals surface area contributed by atoms with E-state index in [1.807, 2.05) is 6.26 Å². The second-order valence-corrected chi connectivity index (χ2v) is 7.21. The third kappa shape index (κ3) is 4.40. The van der Waals surface area contributed by atoms with Gasteiger partial charge >= 0.3 is 5.97 Å². The van der Waals surface area contributed by atoms with Gasteiger partial charge in [0.25, 0.3) is 5.56 Å². The lowest BCUT2D eigenvalue weighted by Crippen LogP contribution is -2.48. The first-order chi connectivity index (χ1) is 12.4. The van der Waals surface area contributed by atoms with Crippen LogP contribution in [-0.2, 0) is 9.59 Å². The maximum Gasteiger partial charge on any atom is 0.326 e. The normalized spacial score (nSPS) is 13.5. The summed E-state index contributed by atoms with van der Waals surface area (Å²) in [4.78, 5) is 36.9. The van der Waals surface area contributed by atoms with Gasteiger partial charge in [-0.15, -0.1) is 5.10 Å². The molecule has 1 aromatic carbocycles. The van der Waals surface area contributed by atoms with E-state index in [1.54, 1.807) is 38.1 Å². The lowest BCUT2D eigenvalue weighted by molar-refractivity contribution is -0.143. The summed E-state index contributed by atoms with van der Waals surface area (Å²) < 4.78 is 1.05. The van der Waals surface area contributed by atoms with Crippen molar-refractivity contribution in [2.24, 2.45) is 5.92 Å². The fourth-order valence-electron chi connectivity index (χ4n) is 2.56. The van der Waals surface area contributed by atoms with E-state index in [0.29, 0.717) is 23.1 Å². The smallest absolute Gasteiger partial charge is 0.326 e. The molecule has 2 atom stereocenters. The molecule has 0 aliphatic heterocycles. The van der Waals surface area contributed by atoms with Crippen LogP contribution >= 0.6 is 11.8 Å². The molecule has 0 radical (unpaired) electrons. The van der Waals surface area contributed by atoms with Gasteiger partial charge in [-0.3, -0.25) is 9.59 Å². The number of thioether (sulfide) groups is 1. The minimum Gasteiger partial charge on any atom is -0.480 e. The first-order valence-corrected chi connectivity index (χ1v) is 9.62. The van der Waals surface area contributed by atoms with Gasteiger partial charge in [0.2, 0.25) is 5.91 Å². The van der Waals surface area contributed by atoms with Crippen LogP contribution in [0.5, 0.6) is 0 Å². The second kappa shape index (κ2) is 8.79. The molecule has 8 nitrogen and oxygen atoms in total. The van der Waals surface area contributed by atoms with Crippen molar-refractivity contribution in [3.05, 3.63) is 34.6 Å². The van der Waals surface area contributed by atoms with Crippen LogP contribution in [0.4, 0.5) is 0 Å². The van der Waals surface area contributed by atoms with E-state index in [-0.39, 0.29) is 5.92 Å². The number of benzene rings is 1. The minimum atomic E-state index is -1.12. The van der Waals surface area contributed by atoms with Gasteiger partial charge in [-0.05, 0) is 36.5 Å². The predicted molar refractivity (Wildman–Crippen MR) is 100 cm³/mol. The van der Waals surface area contributed by atoms with Crippen molar-refractivity contribution in [1.29, 1.82) is 0 Å². The molecule has 0 fully saturated rings. The monoisotopic (exact) mass is 378 g/mol. The van der Waals surface area contributed by atoms with E-state index in [9.17, 15) is 19.5 Å². The van der Waals surface area contributed by atoms with Gasteiger partial charge in [-0.2, -0.15) is 16.4 Å². The van der Waals surface area contributed by atoms with Crippen molar-refractivity contribution < 1.29 is 14.7 Å². The van der Waals surface area contributed by atoms with Crippen molar-refractivity contribution in [3.63, 3.8) is 0 Å². The molecule has 26 heavy (non-hydrogen) atoms. The van der Waals surface area contributed by atoms with E-state index in [4.69, 9.17) is 0 Å². The lowest BCUT2D eigenvalue weighted by Gasteiger charge is -2.22. The Bertz CT molecular complexity index is 852. The fourth-order valence-corrected chi connectivity index (χ4v) is 3.02. The number of nitrogens with one attached hydrogen (secondary N) is 1. The Kier molecular flexibility index (Phi) is 6.73. The average Bonchev–Trinajstić information content (AvgIpc) is 2.61. The number of hydrogen-bond donors (Lipinski definition) is 2. The highest BCUT2D eigenvalue weighted by Gasteiger charge is 2.29. The van der Waals surface area contributed by atoms with Crippen molar-refractivity contribution in [3.8, 4) is 0 Å². The summed E-state index contributed by atoms with van der Waals surface area (Å²) in [5, 5.41) is 20.1. The number of nitrogens with zero attached hydrogens (tertiary/aromatic N) is 3. The molecule has 0 unspecified atom stereocenters. The Morgan fingerprint density at radius 1 is 1.31 bits per heavy atom. The number of carboxylic acids is 1. The van der Waals surface area contributed by atoms with Crippen molar-refractivity contribution >= 4 is 34.5 Å². The van der Waals surface area contributed by atoms with E-state index in [2.05, 4.69) is 15.6 Å². The molecule has 0 spiro atoms. The van der Waals surface area contributed by atoms with Gasteiger partial charge in [0.05, 0.1) is 5.39 Å². The molecular weight excluding hydrogens is 356 g/mol. The van der Waals surface area contributed by atoms with Crippen LogP contribution in [0.2, 0.25) is 0 Å². The quantitative estimate of drug-likeness (QED) is 0.712. The van der Waals surface area contributed by atoms with Crippen molar-refractivity contribution in [2.45, 2.75) is 32.4 Å². The van der Waals surface area contributed by atoms with Crippen molar-refractivity contribution in [2.75, 3.05) is 12.0 Å². The third-order valence-corrected chi connectivity index (χ3v) is 4.66. The van der Waals surface area contributed by atoms with E-state index in [0.717, 1.165) is 4.68 Å². The predicted octanol–water partition coefficient (Wildman–Crippen LogP) is 1.31. The maximum atomic E-state index is 12.7. The molecule has 0 aliphatic rings. The summed E-state index contributed by atoms with van der Waals surface area (Å²) in [7, 11) is 0. The molecule has 0 aliphatic carbocycles. The van der Waals surface area contributed by atoms with Crippen LogP contribution in [0, 0.1) is 5.92 Å². The number of fused-ring (bicyclic) bond motifs is 1. The number of rotatable bonds is 8. The van der Waals surface area contributed by atoms with Gasteiger partial charge in [-0.25, -0.2) is 4.79 Å². The lowest BCUT2D eigenvalue weighted by atomic mass is 10.0. The first kappa shape index (κ1) is 19.9. The fraction of sp³-hybridized carbons (Fsp3) is 0.471.